The Bertz CT molecular complexity index is 631. The first kappa shape index (κ1) is 15.0. The Balaban J connectivity index is 2.23. The van der Waals surface area contributed by atoms with Crippen molar-refractivity contribution in [1.82, 2.24) is 5.32 Å². The first-order valence-electron chi connectivity index (χ1n) is 6.10. The third kappa shape index (κ3) is 3.60. The molecule has 0 saturated carbocycles. The third-order valence-corrected chi connectivity index (χ3v) is 3.70. The van der Waals surface area contributed by atoms with E-state index in [2.05, 4.69) is 26.6 Å². The SMILES string of the molecule is CNCc1ccccc1NC(=O)c1ccc(Cl)cc1Br. The van der Waals surface area contributed by atoms with E-state index in [1.54, 1.807) is 18.2 Å². The Kier molecular flexibility index (Phi) is 5.17. The van der Waals surface area contributed by atoms with E-state index in [4.69, 9.17) is 11.6 Å². The molecular weight excluding hydrogens is 340 g/mol. The van der Waals surface area contributed by atoms with Crippen molar-refractivity contribution in [1.29, 1.82) is 0 Å². The molecule has 0 aromatic heterocycles. The number of para-hydroxylation sites is 1. The lowest BCUT2D eigenvalue weighted by Crippen LogP contribution is -2.15. The summed E-state index contributed by atoms with van der Waals surface area (Å²) >= 11 is 9.23. The maximum atomic E-state index is 12.3. The van der Waals surface area contributed by atoms with E-state index in [0.717, 1.165) is 11.3 Å². The molecule has 0 aliphatic heterocycles. The fourth-order valence-electron chi connectivity index (χ4n) is 1.85. The minimum Gasteiger partial charge on any atom is -0.322 e. The van der Waals surface area contributed by atoms with E-state index in [-0.39, 0.29) is 5.91 Å². The molecule has 0 unspecified atom stereocenters. The summed E-state index contributed by atoms with van der Waals surface area (Å²) in [7, 11) is 1.87. The Morgan fingerprint density at radius 1 is 1.25 bits per heavy atom. The summed E-state index contributed by atoms with van der Waals surface area (Å²) < 4.78 is 0.675. The van der Waals surface area contributed by atoms with Crippen LogP contribution in [-0.4, -0.2) is 13.0 Å². The molecule has 1 amide bonds. The standard InChI is InChI=1S/C15H14BrClN2O/c1-18-9-10-4-2-3-5-14(10)19-15(20)12-7-6-11(17)8-13(12)16/h2-8,18H,9H2,1H3,(H,19,20). The van der Waals surface area contributed by atoms with Gasteiger partial charge in [0.25, 0.3) is 5.91 Å². The maximum Gasteiger partial charge on any atom is 0.256 e. The second-order valence-electron chi connectivity index (χ2n) is 4.27. The van der Waals surface area contributed by atoms with Crippen LogP contribution in [0.25, 0.3) is 0 Å². The van der Waals surface area contributed by atoms with Crippen molar-refractivity contribution in [3.05, 3.63) is 63.1 Å². The topological polar surface area (TPSA) is 41.1 Å². The van der Waals surface area contributed by atoms with Crippen LogP contribution < -0.4 is 10.6 Å². The first-order valence-corrected chi connectivity index (χ1v) is 7.28. The summed E-state index contributed by atoms with van der Waals surface area (Å²) in [6.45, 7) is 0.693. The fourth-order valence-corrected chi connectivity index (χ4v) is 2.71. The van der Waals surface area contributed by atoms with Gasteiger partial charge in [-0.3, -0.25) is 4.79 Å². The second-order valence-corrected chi connectivity index (χ2v) is 5.56. The smallest absolute Gasteiger partial charge is 0.256 e. The molecule has 0 atom stereocenters. The minimum atomic E-state index is -0.169. The number of carbonyl (C=O) groups excluding carboxylic acids is 1. The molecule has 0 fully saturated rings. The highest BCUT2D eigenvalue weighted by atomic mass is 79.9. The highest BCUT2D eigenvalue weighted by Crippen LogP contribution is 2.23. The monoisotopic (exact) mass is 352 g/mol. The Labute approximate surface area is 131 Å². The van der Waals surface area contributed by atoms with Crippen LogP contribution in [-0.2, 0) is 6.54 Å². The Hall–Kier alpha value is -1.36. The normalized spacial score (nSPS) is 10.3. The van der Waals surface area contributed by atoms with Crippen LogP contribution in [0.5, 0.6) is 0 Å². The van der Waals surface area contributed by atoms with Crippen molar-refractivity contribution in [2.75, 3.05) is 12.4 Å². The Morgan fingerprint density at radius 3 is 2.70 bits per heavy atom. The molecule has 0 aliphatic carbocycles. The van der Waals surface area contributed by atoms with E-state index in [0.29, 0.717) is 21.6 Å². The Morgan fingerprint density at radius 2 is 2.00 bits per heavy atom. The highest BCUT2D eigenvalue weighted by molar-refractivity contribution is 9.10. The summed E-state index contributed by atoms with van der Waals surface area (Å²) in [5.74, 6) is -0.169. The van der Waals surface area contributed by atoms with Crippen LogP contribution in [0.15, 0.2) is 46.9 Å². The van der Waals surface area contributed by atoms with Crippen molar-refractivity contribution in [2.45, 2.75) is 6.54 Å². The molecule has 0 bridgehead atoms. The van der Waals surface area contributed by atoms with Gasteiger partial charge in [-0.1, -0.05) is 29.8 Å². The van der Waals surface area contributed by atoms with Gasteiger partial charge in [0.15, 0.2) is 0 Å². The number of hydrogen-bond donors (Lipinski definition) is 2. The van der Waals surface area contributed by atoms with Crippen LogP contribution >= 0.6 is 27.5 Å². The van der Waals surface area contributed by atoms with Gasteiger partial charge in [0.1, 0.15) is 0 Å². The predicted molar refractivity (Wildman–Crippen MR) is 86.3 cm³/mol. The molecule has 5 heteroatoms. The molecule has 2 aromatic carbocycles. The molecule has 0 saturated heterocycles. The zero-order valence-corrected chi connectivity index (χ0v) is 13.3. The van der Waals surface area contributed by atoms with Crippen LogP contribution in [0.2, 0.25) is 5.02 Å². The molecule has 2 N–H and O–H groups in total. The zero-order valence-electron chi connectivity index (χ0n) is 10.9. The number of rotatable bonds is 4. The van der Waals surface area contributed by atoms with Crippen molar-refractivity contribution < 1.29 is 4.79 Å². The van der Waals surface area contributed by atoms with Crippen molar-refractivity contribution in [3.63, 3.8) is 0 Å². The summed E-state index contributed by atoms with van der Waals surface area (Å²) in [4.78, 5) is 12.3. The molecule has 2 rings (SSSR count). The second kappa shape index (κ2) is 6.88. The van der Waals surface area contributed by atoms with Crippen molar-refractivity contribution >= 4 is 39.1 Å². The van der Waals surface area contributed by atoms with Crippen molar-refractivity contribution in [2.24, 2.45) is 0 Å². The molecule has 104 valence electrons. The number of hydrogen-bond acceptors (Lipinski definition) is 2. The maximum absolute atomic E-state index is 12.3. The van der Waals surface area contributed by atoms with Gasteiger partial charge in [-0.2, -0.15) is 0 Å². The average molecular weight is 354 g/mol. The van der Waals surface area contributed by atoms with Crippen LogP contribution in [0, 0.1) is 0 Å². The number of benzene rings is 2. The molecule has 0 aliphatic rings. The largest absolute Gasteiger partial charge is 0.322 e. The van der Waals surface area contributed by atoms with Gasteiger partial charge in [-0.15, -0.1) is 0 Å². The highest BCUT2D eigenvalue weighted by Gasteiger charge is 2.12. The zero-order chi connectivity index (χ0) is 14.5. The van der Waals surface area contributed by atoms with E-state index in [1.165, 1.54) is 0 Å². The number of nitrogens with one attached hydrogen (secondary N) is 2. The van der Waals surface area contributed by atoms with Gasteiger partial charge in [-0.05, 0) is 52.8 Å². The van der Waals surface area contributed by atoms with Crippen molar-refractivity contribution in [3.8, 4) is 0 Å². The van der Waals surface area contributed by atoms with Gasteiger partial charge in [0.05, 0.1) is 5.56 Å². The predicted octanol–water partition coefficient (Wildman–Crippen LogP) is 4.07. The number of amides is 1. The van der Waals surface area contributed by atoms with Crippen LogP contribution in [0.1, 0.15) is 15.9 Å². The molecule has 0 spiro atoms. The number of halogens is 2. The van der Waals surface area contributed by atoms with Gasteiger partial charge >= 0.3 is 0 Å². The van der Waals surface area contributed by atoms with Gasteiger partial charge in [0, 0.05) is 21.7 Å². The number of anilines is 1. The van der Waals surface area contributed by atoms with E-state index in [9.17, 15) is 4.79 Å². The summed E-state index contributed by atoms with van der Waals surface area (Å²) in [6, 6.07) is 12.8. The lowest BCUT2D eigenvalue weighted by molar-refractivity contribution is 0.102. The van der Waals surface area contributed by atoms with E-state index < -0.39 is 0 Å². The van der Waals surface area contributed by atoms with Crippen LogP contribution in [0.3, 0.4) is 0 Å². The van der Waals surface area contributed by atoms with Gasteiger partial charge in [-0.25, -0.2) is 0 Å². The molecule has 3 nitrogen and oxygen atoms in total. The minimum absolute atomic E-state index is 0.169. The lowest BCUT2D eigenvalue weighted by atomic mass is 10.1. The molecule has 0 heterocycles. The molecule has 0 radical (unpaired) electrons. The quantitative estimate of drug-likeness (QED) is 0.870. The average Bonchev–Trinajstić information content (AvgIpc) is 2.41. The summed E-state index contributed by atoms with van der Waals surface area (Å²) in [5, 5.41) is 6.59. The lowest BCUT2D eigenvalue weighted by Gasteiger charge is -2.11. The molecular formula is C15H14BrClN2O. The first-order chi connectivity index (χ1) is 9.61. The summed E-state index contributed by atoms with van der Waals surface area (Å²) in [6.07, 6.45) is 0. The van der Waals surface area contributed by atoms with E-state index >= 15 is 0 Å². The number of carbonyl (C=O) groups is 1. The van der Waals surface area contributed by atoms with E-state index in [1.807, 2.05) is 31.3 Å². The third-order valence-electron chi connectivity index (χ3n) is 2.81. The van der Waals surface area contributed by atoms with Crippen LogP contribution in [0.4, 0.5) is 5.69 Å². The summed E-state index contributed by atoms with van der Waals surface area (Å²) in [5.41, 5.74) is 2.38. The van der Waals surface area contributed by atoms with Gasteiger partial charge < -0.3 is 10.6 Å². The molecule has 2 aromatic rings. The molecule has 20 heavy (non-hydrogen) atoms. The fraction of sp³-hybridized carbons (Fsp3) is 0.133. The van der Waals surface area contributed by atoms with Gasteiger partial charge in [0.2, 0.25) is 0 Å².